The highest BCUT2D eigenvalue weighted by atomic mass is 79.9. The zero-order chi connectivity index (χ0) is 15.7. The molecule has 1 aliphatic heterocycles. The second-order valence-electron chi connectivity index (χ2n) is 5.03. The molecule has 0 amide bonds. The van der Waals surface area contributed by atoms with Crippen LogP contribution in [0, 0.1) is 12.3 Å². The number of hydrogen-bond donors (Lipinski definition) is 0. The molecule has 0 saturated heterocycles. The Morgan fingerprint density at radius 1 is 1.57 bits per heavy atom. The van der Waals surface area contributed by atoms with Gasteiger partial charge in [-0.1, -0.05) is 47.0 Å². The zero-order valence-electron chi connectivity index (χ0n) is 12.6. The minimum atomic E-state index is -0.316. The SMILES string of the molecule is C#C/C=C/C[C@H](OC(C)=O)[C@@H]1C/C=C\C[C@@H](Br)[C@H](CC)O1. The summed E-state index contributed by atoms with van der Waals surface area (Å²) < 4.78 is 11.6. The van der Waals surface area contributed by atoms with Gasteiger partial charge in [0.2, 0.25) is 0 Å². The molecular formula is C17H23BrO3. The molecule has 1 heterocycles. The molecule has 0 aromatic rings. The summed E-state index contributed by atoms with van der Waals surface area (Å²) in [6.45, 7) is 3.52. The van der Waals surface area contributed by atoms with Gasteiger partial charge in [0, 0.05) is 18.2 Å². The predicted octanol–water partition coefficient (Wildman–Crippen LogP) is 3.77. The van der Waals surface area contributed by atoms with Crippen LogP contribution in [0.3, 0.4) is 0 Å². The average molecular weight is 355 g/mol. The first-order chi connectivity index (χ1) is 10.1. The van der Waals surface area contributed by atoms with Crippen molar-refractivity contribution >= 4 is 21.9 Å². The van der Waals surface area contributed by atoms with Crippen LogP contribution in [-0.2, 0) is 14.3 Å². The molecule has 0 radical (unpaired) electrons. The first-order valence-corrected chi connectivity index (χ1v) is 8.22. The van der Waals surface area contributed by atoms with Crippen LogP contribution < -0.4 is 0 Å². The quantitative estimate of drug-likeness (QED) is 0.326. The number of rotatable bonds is 5. The van der Waals surface area contributed by atoms with E-state index in [0.29, 0.717) is 6.42 Å². The maximum absolute atomic E-state index is 11.3. The third-order valence-corrected chi connectivity index (χ3v) is 4.33. The molecule has 1 aliphatic rings. The molecule has 3 nitrogen and oxygen atoms in total. The number of carbonyl (C=O) groups is 1. The Hall–Kier alpha value is -1.05. The van der Waals surface area contributed by atoms with Crippen molar-refractivity contribution in [3.05, 3.63) is 24.3 Å². The Morgan fingerprint density at radius 3 is 2.90 bits per heavy atom. The fourth-order valence-corrected chi connectivity index (χ4v) is 3.04. The van der Waals surface area contributed by atoms with Gasteiger partial charge >= 0.3 is 5.97 Å². The Morgan fingerprint density at radius 2 is 2.29 bits per heavy atom. The smallest absolute Gasteiger partial charge is 0.303 e. The lowest BCUT2D eigenvalue weighted by atomic mass is 10.0. The van der Waals surface area contributed by atoms with Crippen molar-refractivity contribution in [3.8, 4) is 12.3 Å². The highest BCUT2D eigenvalue weighted by Crippen LogP contribution is 2.25. The van der Waals surface area contributed by atoms with E-state index in [2.05, 4.69) is 40.9 Å². The van der Waals surface area contributed by atoms with Crippen LogP contribution >= 0.6 is 15.9 Å². The fraction of sp³-hybridized carbons (Fsp3) is 0.588. The standard InChI is InChI=1S/C17H23BrO3/c1-4-6-7-11-16(20-13(3)19)17-12-9-8-10-14(18)15(5-2)21-17/h1,6-9,14-17H,5,10-12H2,2-3H3/b7-6+,9-8-/t14-,15+,16+,17+/m1/s1. The number of hydrogen-bond acceptors (Lipinski definition) is 3. The van der Waals surface area contributed by atoms with E-state index in [9.17, 15) is 4.79 Å². The highest BCUT2D eigenvalue weighted by molar-refractivity contribution is 9.09. The first kappa shape index (κ1) is 18.0. The Labute approximate surface area is 135 Å². The molecule has 0 aromatic heterocycles. The largest absolute Gasteiger partial charge is 0.459 e. The molecule has 1 rings (SSSR count). The molecule has 0 N–H and O–H groups in total. The van der Waals surface area contributed by atoms with E-state index in [1.54, 1.807) is 6.08 Å². The average Bonchev–Trinajstić information content (AvgIpc) is 2.43. The summed E-state index contributed by atoms with van der Waals surface area (Å²) in [5, 5.41) is 0. The lowest BCUT2D eigenvalue weighted by Gasteiger charge is -2.32. The van der Waals surface area contributed by atoms with Gasteiger partial charge in [-0.25, -0.2) is 0 Å². The van der Waals surface area contributed by atoms with Gasteiger partial charge in [0.15, 0.2) is 0 Å². The van der Waals surface area contributed by atoms with Crippen LogP contribution in [-0.4, -0.2) is 29.1 Å². The van der Waals surface area contributed by atoms with Crippen molar-refractivity contribution in [2.75, 3.05) is 0 Å². The molecule has 0 spiro atoms. The number of halogens is 1. The van der Waals surface area contributed by atoms with Crippen LogP contribution in [0.15, 0.2) is 24.3 Å². The van der Waals surface area contributed by atoms with Crippen molar-refractivity contribution in [2.24, 2.45) is 0 Å². The molecule has 0 aliphatic carbocycles. The van der Waals surface area contributed by atoms with Crippen LogP contribution in [0.1, 0.15) is 39.5 Å². The molecule has 4 atom stereocenters. The highest BCUT2D eigenvalue weighted by Gasteiger charge is 2.29. The zero-order valence-corrected chi connectivity index (χ0v) is 14.2. The Balaban J connectivity index is 2.83. The molecule has 4 heteroatoms. The first-order valence-electron chi connectivity index (χ1n) is 7.31. The third-order valence-electron chi connectivity index (χ3n) is 3.37. The van der Waals surface area contributed by atoms with Crippen LogP contribution in [0.25, 0.3) is 0 Å². The monoisotopic (exact) mass is 354 g/mol. The van der Waals surface area contributed by atoms with E-state index in [4.69, 9.17) is 15.9 Å². The van der Waals surface area contributed by atoms with Crippen molar-refractivity contribution in [2.45, 2.75) is 62.7 Å². The Kier molecular flexibility index (Phi) is 8.41. The molecular weight excluding hydrogens is 332 g/mol. The molecule has 0 saturated carbocycles. The van der Waals surface area contributed by atoms with Crippen molar-refractivity contribution < 1.29 is 14.3 Å². The molecule has 0 fully saturated rings. The minimum absolute atomic E-state index is 0.106. The van der Waals surface area contributed by atoms with Gasteiger partial charge in [0.05, 0.1) is 12.2 Å². The number of esters is 1. The van der Waals surface area contributed by atoms with Crippen molar-refractivity contribution in [1.29, 1.82) is 0 Å². The minimum Gasteiger partial charge on any atom is -0.459 e. The van der Waals surface area contributed by atoms with Crippen LogP contribution in [0.4, 0.5) is 0 Å². The van der Waals surface area contributed by atoms with Gasteiger partial charge in [-0.15, -0.1) is 6.42 Å². The fourth-order valence-electron chi connectivity index (χ4n) is 2.32. The number of terminal acetylenes is 1. The summed E-state index contributed by atoms with van der Waals surface area (Å²) in [6.07, 6.45) is 15.7. The van der Waals surface area contributed by atoms with E-state index < -0.39 is 0 Å². The van der Waals surface area contributed by atoms with Gasteiger partial charge in [-0.05, 0) is 25.3 Å². The van der Waals surface area contributed by atoms with Crippen LogP contribution in [0.2, 0.25) is 0 Å². The topological polar surface area (TPSA) is 35.5 Å². The molecule has 116 valence electrons. The number of allylic oxidation sites excluding steroid dienone is 2. The van der Waals surface area contributed by atoms with Gasteiger partial charge in [0.25, 0.3) is 0 Å². The predicted molar refractivity (Wildman–Crippen MR) is 88.2 cm³/mol. The van der Waals surface area contributed by atoms with Crippen molar-refractivity contribution in [1.82, 2.24) is 0 Å². The second-order valence-corrected chi connectivity index (χ2v) is 6.21. The lowest BCUT2D eigenvalue weighted by Crippen LogP contribution is -2.38. The Bertz CT molecular complexity index is 422. The summed E-state index contributed by atoms with van der Waals surface area (Å²) in [4.78, 5) is 11.6. The van der Waals surface area contributed by atoms with E-state index in [-0.39, 0.29) is 29.1 Å². The van der Waals surface area contributed by atoms with E-state index in [1.807, 2.05) is 6.08 Å². The van der Waals surface area contributed by atoms with Crippen LogP contribution in [0.5, 0.6) is 0 Å². The van der Waals surface area contributed by atoms with Crippen molar-refractivity contribution in [3.63, 3.8) is 0 Å². The van der Waals surface area contributed by atoms with E-state index in [0.717, 1.165) is 19.3 Å². The maximum Gasteiger partial charge on any atom is 0.303 e. The van der Waals surface area contributed by atoms with Gasteiger partial charge in [0.1, 0.15) is 6.10 Å². The lowest BCUT2D eigenvalue weighted by molar-refractivity contribution is -0.158. The second kappa shape index (κ2) is 9.81. The summed E-state index contributed by atoms with van der Waals surface area (Å²) in [5.74, 6) is 2.15. The third kappa shape index (κ3) is 6.50. The molecule has 21 heavy (non-hydrogen) atoms. The summed E-state index contributed by atoms with van der Waals surface area (Å²) >= 11 is 3.67. The van der Waals surface area contributed by atoms with E-state index in [1.165, 1.54) is 6.92 Å². The number of ether oxygens (including phenoxy) is 2. The van der Waals surface area contributed by atoms with E-state index >= 15 is 0 Å². The van der Waals surface area contributed by atoms with Gasteiger partial charge < -0.3 is 9.47 Å². The summed E-state index contributed by atoms with van der Waals surface area (Å²) in [7, 11) is 0. The summed E-state index contributed by atoms with van der Waals surface area (Å²) in [6, 6.07) is 0. The number of alkyl halides is 1. The maximum atomic E-state index is 11.3. The number of carbonyl (C=O) groups excluding carboxylic acids is 1. The van der Waals surface area contributed by atoms with Gasteiger partial charge in [-0.3, -0.25) is 4.79 Å². The molecule has 0 aromatic carbocycles. The molecule has 0 unspecified atom stereocenters. The summed E-state index contributed by atoms with van der Waals surface area (Å²) in [5.41, 5.74) is 0. The van der Waals surface area contributed by atoms with Gasteiger partial charge in [-0.2, -0.15) is 0 Å². The normalized spacial score (nSPS) is 29.1. The molecule has 0 bridgehead atoms.